The van der Waals surface area contributed by atoms with Gasteiger partial charge in [0.05, 0.1) is 6.10 Å². The van der Waals surface area contributed by atoms with Crippen molar-refractivity contribution in [2.45, 2.75) is 26.4 Å². The average Bonchev–Trinajstić information content (AvgIpc) is 2.36. The van der Waals surface area contributed by atoms with E-state index in [4.69, 9.17) is 15.9 Å². The molecule has 106 valence electrons. The van der Waals surface area contributed by atoms with E-state index in [0.717, 1.165) is 0 Å². The number of ether oxygens (including phenoxy) is 1. The van der Waals surface area contributed by atoms with Crippen LogP contribution in [0.4, 0.5) is 0 Å². The van der Waals surface area contributed by atoms with Crippen molar-refractivity contribution in [2.24, 2.45) is 5.73 Å². The lowest BCUT2D eigenvalue weighted by molar-refractivity contribution is -0.145. The van der Waals surface area contributed by atoms with Crippen LogP contribution in [0, 0.1) is 0 Å². The first-order valence-corrected chi connectivity index (χ1v) is 5.65. The molecular weight excluding hydrogens is 252 g/mol. The summed E-state index contributed by atoms with van der Waals surface area (Å²) >= 11 is 0. The van der Waals surface area contributed by atoms with Crippen LogP contribution in [0.5, 0.6) is 5.75 Å². The van der Waals surface area contributed by atoms with Crippen LogP contribution in [0.2, 0.25) is 0 Å². The van der Waals surface area contributed by atoms with Crippen molar-refractivity contribution in [1.82, 2.24) is 4.98 Å². The Balaban J connectivity index is 0.000000344. The van der Waals surface area contributed by atoms with E-state index >= 15 is 0 Å². The molecule has 1 amide bonds. The molecule has 19 heavy (non-hydrogen) atoms. The van der Waals surface area contributed by atoms with Gasteiger partial charge in [-0.05, 0) is 19.1 Å². The maximum absolute atomic E-state index is 10.4. The highest BCUT2D eigenvalue weighted by atomic mass is 16.5. The SMILES string of the molecule is CCC(=O)OCC(C)O.NC(=O)c1ncccc1O. The fourth-order valence-corrected chi connectivity index (χ4v) is 0.902. The van der Waals surface area contributed by atoms with Crippen molar-refractivity contribution in [1.29, 1.82) is 0 Å². The molecule has 1 aromatic heterocycles. The molecule has 4 N–H and O–H groups in total. The quantitative estimate of drug-likeness (QED) is 0.672. The minimum Gasteiger partial charge on any atom is -0.505 e. The van der Waals surface area contributed by atoms with E-state index in [9.17, 15) is 9.59 Å². The van der Waals surface area contributed by atoms with E-state index in [-0.39, 0.29) is 24.0 Å². The van der Waals surface area contributed by atoms with Gasteiger partial charge in [-0.1, -0.05) is 6.92 Å². The van der Waals surface area contributed by atoms with E-state index in [0.29, 0.717) is 6.42 Å². The number of pyridine rings is 1. The maximum atomic E-state index is 10.4. The van der Waals surface area contributed by atoms with Crippen LogP contribution < -0.4 is 5.73 Å². The largest absolute Gasteiger partial charge is 0.505 e. The number of primary amides is 1. The Labute approximate surface area is 111 Å². The number of amides is 1. The van der Waals surface area contributed by atoms with E-state index in [1.54, 1.807) is 13.8 Å². The van der Waals surface area contributed by atoms with Gasteiger partial charge in [0.15, 0.2) is 5.69 Å². The molecule has 0 radical (unpaired) electrons. The zero-order valence-corrected chi connectivity index (χ0v) is 10.9. The molecule has 1 atom stereocenters. The van der Waals surface area contributed by atoms with E-state index in [1.807, 2.05) is 0 Å². The number of aliphatic hydroxyl groups is 1. The third-order valence-corrected chi connectivity index (χ3v) is 1.79. The average molecular weight is 270 g/mol. The van der Waals surface area contributed by atoms with Crippen molar-refractivity contribution in [2.75, 3.05) is 6.61 Å². The number of aromatic hydroxyl groups is 1. The van der Waals surface area contributed by atoms with Crippen LogP contribution in [0.25, 0.3) is 0 Å². The molecule has 0 aliphatic heterocycles. The minimum atomic E-state index is -0.724. The number of aliphatic hydroxyl groups excluding tert-OH is 1. The molecule has 7 heteroatoms. The summed E-state index contributed by atoms with van der Waals surface area (Å²) in [7, 11) is 0. The molecule has 0 aliphatic carbocycles. The highest BCUT2D eigenvalue weighted by Gasteiger charge is 2.05. The lowest BCUT2D eigenvalue weighted by Gasteiger charge is -2.03. The summed E-state index contributed by atoms with van der Waals surface area (Å²) in [6.07, 6.45) is 1.20. The number of hydrogen-bond acceptors (Lipinski definition) is 6. The number of rotatable bonds is 4. The first kappa shape index (κ1) is 16.9. The van der Waals surface area contributed by atoms with E-state index in [1.165, 1.54) is 18.3 Å². The lowest BCUT2D eigenvalue weighted by Crippen LogP contribution is -2.14. The second kappa shape index (κ2) is 8.87. The standard InChI is InChI=1S/C6H6N2O2.C6H12O3/c7-6(10)5-4(9)2-1-3-8-5;1-3-6(8)9-4-5(2)7/h1-3,9H,(H2,7,10);5,7H,3-4H2,1-2H3. The van der Waals surface area contributed by atoms with Crippen molar-refractivity contribution < 1.29 is 24.5 Å². The van der Waals surface area contributed by atoms with Gasteiger partial charge in [0.2, 0.25) is 0 Å². The molecule has 1 heterocycles. The molecule has 1 aromatic rings. The van der Waals surface area contributed by atoms with Gasteiger partial charge in [0, 0.05) is 12.6 Å². The number of aromatic nitrogens is 1. The normalized spacial score (nSPS) is 10.9. The molecule has 0 spiro atoms. The summed E-state index contributed by atoms with van der Waals surface area (Å²) in [5, 5.41) is 17.5. The summed E-state index contributed by atoms with van der Waals surface area (Å²) in [6, 6.07) is 2.87. The van der Waals surface area contributed by atoms with Gasteiger partial charge < -0.3 is 20.7 Å². The van der Waals surface area contributed by atoms with Crippen LogP contribution >= 0.6 is 0 Å². The summed E-state index contributed by atoms with van der Waals surface area (Å²) in [6.45, 7) is 3.39. The second-order valence-electron chi connectivity index (χ2n) is 3.62. The first-order valence-electron chi connectivity index (χ1n) is 5.65. The van der Waals surface area contributed by atoms with Gasteiger partial charge >= 0.3 is 5.97 Å². The number of nitrogens with zero attached hydrogens (tertiary/aromatic N) is 1. The molecular formula is C12H18N2O5. The summed E-state index contributed by atoms with van der Waals surface area (Å²) in [5.74, 6) is -1.18. The second-order valence-corrected chi connectivity index (χ2v) is 3.62. The minimum absolute atomic E-state index is 0.0949. The number of hydrogen-bond donors (Lipinski definition) is 3. The zero-order valence-electron chi connectivity index (χ0n) is 10.9. The molecule has 0 aromatic carbocycles. The van der Waals surface area contributed by atoms with Crippen LogP contribution in [0.1, 0.15) is 30.8 Å². The van der Waals surface area contributed by atoms with Crippen LogP contribution in [0.3, 0.4) is 0 Å². The topological polar surface area (TPSA) is 123 Å². The molecule has 1 rings (SSSR count). The Morgan fingerprint density at radius 1 is 1.53 bits per heavy atom. The zero-order chi connectivity index (χ0) is 14.8. The number of carbonyl (C=O) groups is 2. The summed E-state index contributed by atoms with van der Waals surface area (Å²) < 4.78 is 4.56. The third-order valence-electron chi connectivity index (χ3n) is 1.79. The number of nitrogens with two attached hydrogens (primary N) is 1. The van der Waals surface area contributed by atoms with Crippen molar-refractivity contribution in [3.05, 3.63) is 24.0 Å². The maximum Gasteiger partial charge on any atom is 0.305 e. The molecule has 7 nitrogen and oxygen atoms in total. The smallest absolute Gasteiger partial charge is 0.305 e. The molecule has 0 bridgehead atoms. The van der Waals surface area contributed by atoms with Crippen molar-refractivity contribution >= 4 is 11.9 Å². The number of esters is 1. The summed E-state index contributed by atoms with van der Waals surface area (Å²) in [4.78, 5) is 24.4. The molecule has 0 aliphatic rings. The van der Waals surface area contributed by atoms with Crippen LogP contribution in [-0.4, -0.2) is 39.8 Å². The van der Waals surface area contributed by atoms with Gasteiger partial charge in [-0.3, -0.25) is 9.59 Å². The highest BCUT2D eigenvalue weighted by Crippen LogP contribution is 2.10. The van der Waals surface area contributed by atoms with Crippen LogP contribution in [0.15, 0.2) is 18.3 Å². The fourth-order valence-electron chi connectivity index (χ4n) is 0.902. The Morgan fingerprint density at radius 2 is 2.16 bits per heavy atom. The van der Waals surface area contributed by atoms with Gasteiger partial charge in [0.25, 0.3) is 5.91 Å². The summed E-state index contributed by atoms with van der Waals surface area (Å²) in [5.41, 5.74) is 4.76. The van der Waals surface area contributed by atoms with Crippen molar-refractivity contribution in [3.63, 3.8) is 0 Å². The van der Waals surface area contributed by atoms with Crippen molar-refractivity contribution in [3.8, 4) is 5.75 Å². The lowest BCUT2D eigenvalue weighted by atomic mass is 10.3. The molecule has 0 saturated carbocycles. The Morgan fingerprint density at radius 3 is 2.53 bits per heavy atom. The Hall–Kier alpha value is -2.15. The van der Waals surface area contributed by atoms with Gasteiger partial charge in [0.1, 0.15) is 12.4 Å². The predicted octanol–water partition coefficient (Wildman–Crippen LogP) is 0.206. The first-order chi connectivity index (χ1) is 8.88. The van der Waals surface area contributed by atoms with E-state index in [2.05, 4.69) is 9.72 Å². The predicted molar refractivity (Wildman–Crippen MR) is 67.4 cm³/mol. The number of carbonyl (C=O) groups excluding carboxylic acids is 2. The molecule has 1 unspecified atom stereocenters. The fraction of sp³-hybridized carbons (Fsp3) is 0.417. The van der Waals surface area contributed by atoms with E-state index < -0.39 is 12.0 Å². The van der Waals surface area contributed by atoms with Gasteiger partial charge in [-0.2, -0.15) is 0 Å². The van der Waals surface area contributed by atoms with Gasteiger partial charge in [-0.25, -0.2) is 4.98 Å². The van der Waals surface area contributed by atoms with Crippen LogP contribution in [-0.2, 0) is 9.53 Å². The molecule has 0 fully saturated rings. The molecule has 0 saturated heterocycles. The monoisotopic (exact) mass is 270 g/mol. The van der Waals surface area contributed by atoms with Gasteiger partial charge in [-0.15, -0.1) is 0 Å². The Bertz CT molecular complexity index is 420. The third kappa shape index (κ3) is 7.72. The highest BCUT2D eigenvalue weighted by molar-refractivity contribution is 5.93. The Kier molecular flexibility index (Phi) is 7.87.